The third-order valence-corrected chi connectivity index (χ3v) is 12.6. The molecule has 0 aliphatic rings. The average Bonchev–Trinajstić information content (AvgIpc) is 4.02. The minimum atomic E-state index is -1.07. The van der Waals surface area contributed by atoms with Gasteiger partial charge in [0, 0.05) is 75.8 Å². The van der Waals surface area contributed by atoms with Gasteiger partial charge < -0.3 is 38.3 Å². The lowest BCUT2D eigenvalue weighted by Gasteiger charge is -2.12. The number of fused-ring (bicyclic) bond motifs is 2. The molecule has 408 valence electrons. The van der Waals surface area contributed by atoms with Gasteiger partial charge in [0.1, 0.15) is 48.1 Å². The maximum atomic E-state index is 15.3. The third kappa shape index (κ3) is 13.1. The zero-order valence-electron chi connectivity index (χ0n) is 43.5. The van der Waals surface area contributed by atoms with Crippen molar-refractivity contribution in [3.8, 4) is 34.3 Å². The molecule has 10 aromatic rings. The van der Waals surface area contributed by atoms with Crippen molar-refractivity contribution in [3.05, 3.63) is 202 Å². The number of aromatic nitrogens is 10. The monoisotopic (exact) mass is 1090 g/mol. The number of aryl methyl sites for hydroxylation is 2. The number of imidazole rings is 2. The summed E-state index contributed by atoms with van der Waals surface area (Å²) in [6.07, 6.45) is 6.42. The highest BCUT2D eigenvalue weighted by atomic mass is 19.1. The number of carboxylic acids is 2. The molecule has 18 nitrogen and oxygen atoms in total. The molecule has 10 rings (SSSR count). The van der Waals surface area contributed by atoms with Crippen molar-refractivity contribution in [2.24, 2.45) is 0 Å². The van der Waals surface area contributed by atoms with E-state index in [0.717, 1.165) is 35.7 Å². The molecular formula is C58H50F4N10O8. The molecule has 0 fully saturated rings. The molecule has 0 radical (unpaired) electrons. The number of hydrogen-bond acceptors (Lipinski definition) is 14. The number of rotatable bonds is 20. The normalized spacial score (nSPS) is 11.2. The molecule has 4 aromatic carbocycles. The van der Waals surface area contributed by atoms with Gasteiger partial charge in [-0.05, 0) is 97.8 Å². The Balaban J connectivity index is 0.000000194. The molecule has 2 N–H and O–H groups in total. The van der Waals surface area contributed by atoms with Crippen LogP contribution >= 0.6 is 0 Å². The molecule has 0 bridgehead atoms. The van der Waals surface area contributed by atoms with E-state index in [9.17, 15) is 19.8 Å². The minimum Gasteiger partial charge on any atom is -0.478 e. The number of hydrogen-bond donors (Lipinski definition) is 2. The van der Waals surface area contributed by atoms with Crippen LogP contribution in [0.2, 0.25) is 0 Å². The fraction of sp³-hybridized carbons (Fsp3) is 0.207. The molecule has 6 aromatic heterocycles. The van der Waals surface area contributed by atoms with E-state index in [0.29, 0.717) is 71.4 Å². The summed E-state index contributed by atoms with van der Waals surface area (Å²) in [5.74, 6) is -3.34. The van der Waals surface area contributed by atoms with Gasteiger partial charge in [0.15, 0.2) is 0 Å². The molecule has 0 aliphatic carbocycles. The summed E-state index contributed by atoms with van der Waals surface area (Å²) in [7, 11) is 3.08. The summed E-state index contributed by atoms with van der Waals surface area (Å²) in [4.78, 5) is 57.5. The standard InChI is InChI=1S/2C29H25F2N5O4/c2*1-17-14-33-20(15-32-17)16-40-28-5-3-4-24(35-28)21-13-22(30)19(10-23(21)31)12-27-34-25-7-6-18(29(37)38)11-26(25)36(27)8-9-39-2/h2*3-7,10-11,13-15H,8-9,12,16H2,1-2H3,(H,37,38). The molecule has 0 amide bonds. The Kier molecular flexibility index (Phi) is 17.2. The van der Waals surface area contributed by atoms with E-state index in [4.69, 9.17) is 18.9 Å². The highest BCUT2D eigenvalue weighted by molar-refractivity contribution is 5.93. The second-order valence-corrected chi connectivity index (χ2v) is 18.2. The van der Waals surface area contributed by atoms with Crippen LogP contribution < -0.4 is 9.47 Å². The molecule has 22 heteroatoms. The summed E-state index contributed by atoms with van der Waals surface area (Å²) in [6.45, 7) is 5.27. The van der Waals surface area contributed by atoms with Gasteiger partial charge in [-0.25, -0.2) is 47.1 Å². The lowest BCUT2D eigenvalue weighted by molar-refractivity contribution is 0.0686. The Morgan fingerprint density at radius 3 is 1.31 bits per heavy atom. The van der Waals surface area contributed by atoms with Crippen molar-refractivity contribution in [2.75, 3.05) is 27.4 Å². The lowest BCUT2D eigenvalue weighted by atomic mass is 10.0. The fourth-order valence-electron chi connectivity index (χ4n) is 8.50. The molecule has 0 saturated carbocycles. The highest BCUT2D eigenvalue weighted by Crippen LogP contribution is 2.31. The van der Waals surface area contributed by atoms with E-state index in [1.54, 1.807) is 96.7 Å². The van der Waals surface area contributed by atoms with Gasteiger partial charge in [-0.2, -0.15) is 0 Å². The Morgan fingerprint density at radius 1 is 0.512 bits per heavy atom. The van der Waals surface area contributed by atoms with Gasteiger partial charge in [0.05, 0.1) is 93.0 Å². The van der Waals surface area contributed by atoms with Gasteiger partial charge in [-0.3, -0.25) is 19.9 Å². The quantitative estimate of drug-likeness (QED) is 0.0677. The van der Waals surface area contributed by atoms with Gasteiger partial charge in [0.2, 0.25) is 11.8 Å². The number of pyridine rings is 2. The van der Waals surface area contributed by atoms with Crippen LogP contribution in [0.4, 0.5) is 17.6 Å². The van der Waals surface area contributed by atoms with Crippen LogP contribution in [0.5, 0.6) is 11.8 Å². The van der Waals surface area contributed by atoms with E-state index >= 15 is 17.6 Å². The van der Waals surface area contributed by atoms with Crippen molar-refractivity contribution in [1.29, 1.82) is 0 Å². The maximum absolute atomic E-state index is 15.3. The van der Waals surface area contributed by atoms with Crippen LogP contribution in [-0.2, 0) is 48.6 Å². The van der Waals surface area contributed by atoms with Crippen LogP contribution in [0.15, 0.2) is 122 Å². The number of nitrogens with zero attached hydrogens (tertiary/aromatic N) is 10. The molecule has 80 heavy (non-hydrogen) atoms. The first-order chi connectivity index (χ1) is 38.6. The Bertz CT molecular complexity index is 3630. The predicted molar refractivity (Wildman–Crippen MR) is 284 cm³/mol. The Morgan fingerprint density at radius 2 is 0.938 bits per heavy atom. The maximum Gasteiger partial charge on any atom is 0.335 e. The van der Waals surface area contributed by atoms with Crippen LogP contribution in [-0.4, -0.2) is 98.6 Å². The number of carbonyl (C=O) groups is 2. The van der Waals surface area contributed by atoms with Crippen molar-refractivity contribution < 1.29 is 56.3 Å². The number of aromatic carboxylic acids is 2. The Hall–Kier alpha value is -9.54. The summed E-state index contributed by atoms with van der Waals surface area (Å²) in [5.41, 5.74) is 5.81. The molecule has 0 spiro atoms. The van der Waals surface area contributed by atoms with E-state index in [1.807, 2.05) is 13.8 Å². The molecule has 6 heterocycles. The molecule has 0 atom stereocenters. The topological polar surface area (TPSA) is 224 Å². The summed E-state index contributed by atoms with van der Waals surface area (Å²) in [5, 5.41) is 18.8. The van der Waals surface area contributed by atoms with E-state index in [-0.39, 0.29) is 82.6 Å². The van der Waals surface area contributed by atoms with E-state index in [1.165, 1.54) is 24.3 Å². The summed E-state index contributed by atoms with van der Waals surface area (Å²) in [6, 6.07) is 23.3. The molecular weight excluding hydrogens is 1040 g/mol. The van der Waals surface area contributed by atoms with E-state index in [2.05, 4.69) is 39.9 Å². The van der Waals surface area contributed by atoms with E-state index < -0.39 is 35.2 Å². The lowest BCUT2D eigenvalue weighted by Crippen LogP contribution is -2.10. The van der Waals surface area contributed by atoms with Gasteiger partial charge in [-0.15, -0.1) is 0 Å². The van der Waals surface area contributed by atoms with Crippen molar-refractivity contribution in [3.63, 3.8) is 0 Å². The van der Waals surface area contributed by atoms with Crippen LogP contribution in [0.1, 0.15) is 66.3 Å². The predicted octanol–water partition coefficient (Wildman–Crippen LogP) is 9.98. The number of methoxy groups -OCH3 is 2. The zero-order chi connectivity index (χ0) is 56.5. The van der Waals surface area contributed by atoms with Crippen molar-refractivity contribution in [1.82, 2.24) is 49.0 Å². The second-order valence-electron chi connectivity index (χ2n) is 18.2. The van der Waals surface area contributed by atoms with Gasteiger partial charge in [0.25, 0.3) is 0 Å². The highest BCUT2D eigenvalue weighted by Gasteiger charge is 2.21. The average molecular weight is 1090 g/mol. The van der Waals surface area contributed by atoms with Crippen LogP contribution in [0.3, 0.4) is 0 Å². The Labute approximate surface area is 454 Å². The molecule has 0 unspecified atom stereocenters. The minimum absolute atomic E-state index is 0.0131. The van der Waals surface area contributed by atoms with Gasteiger partial charge in [-0.1, -0.05) is 12.1 Å². The number of carboxylic acid groups (broad SMARTS) is 2. The van der Waals surface area contributed by atoms with Crippen molar-refractivity contribution >= 4 is 34.0 Å². The second kappa shape index (κ2) is 24.8. The number of benzene rings is 4. The zero-order valence-corrected chi connectivity index (χ0v) is 43.5. The fourth-order valence-corrected chi connectivity index (χ4v) is 8.50. The first-order valence-corrected chi connectivity index (χ1v) is 24.8. The van der Waals surface area contributed by atoms with Crippen LogP contribution in [0, 0.1) is 37.1 Å². The smallest absolute Gasteiger partial charge is 0.335 e. The SMILES string of the molecule is COCCn1c(Cc2cc(F)c(-c3cccc(OCc4cnc(C)cn4)n3)cc2F)nc2ccc(C(=O)O)cc21.COCCn1c(Cc2cc(F)c(-c3cccc(OCc4cnc(C)cn4)n3)cc2F)nc2ccc(C(=O)O)cc21. The first-order valence-electron chi connectivity index (χ1n) is 24.8. The first kappa shape index (κ1) is 55.2. The number of ether oxygens (including phenoxy) is 4. The third-order valence-electron chi connectivity index (χ3n) is 12.6. The summed E-state index contributed by atoms with van der Waals surface area (Å²) >= 11 is 0. The van der Waals surface area contributed by atoms with Crippen molar-refractivity contribution in [2.45, 2.75) is 53.0 Å². The summed E-state index contributed by atoms with van der Waals surface area (Å²) < 4.78 is 86.5. The molecule has 0 aliphatic heterocycles. The number of halogens is 4. The largest absolute Gasteiger partial charge is 0.478 e. The molecule has 0 saturated heterocycles. The van der Waals surface area contributed by atoms with Gasteiger partial charge >= 0.3 is 11.9 Å². The van der Waals surface area contributed by atoms with Crippen LogP contribution in [0.25, 0.3) is 44.6 Å².